The number of rotatable bonds is 9. The largest absolute Gasteiger partial charge is 0.478 e. The normalized spacial score (nSPS) is 16.4. The molecule has 1 aliphatic carbocycles. The van der Waals surface area contributed by atoms with Gasteiger partial charge in [-0.3, -0.25) is 4.31 Å². The van der Waals surface area contributed by atoms with Gasteiger partial charge >= 0.3 is 5.97 Å². The lowest BCUT2D eigenvalue weighted by Gasteiger charge is -2.27. The van der Waals surface area contributed by atoms with Gasteiger partial charge in [0.1, 0.15) is 5.76 Å². The maximum absolute atomic E-state index is 13.5. The van der Waals surface area contributed by atoms with Crippen molar-refractivity contribution in [2.75, 3.05) is 10.8 Å². The van der Waals surface area contributed by atoms with Gasteiger partial charge in [0.15, 0.2) is 0 Å². The summed E-state index contributed by atoms with van der Waals surface area (Å²) >= 11 is 0. The van der Waals surface area contributed by atoms with Crippen molar-refractivity contribution >= 4 is 27.8 Å². The van der Waals surface area contributed by atoms with E-state index >= 15 is 0 Å². The number of hydrogen-bond acceptors (Lipinski definition) is 5. The first-order valence-corrected chi connectivity index (χ1v) is 13.4. The minimum absolute atomic E-state index is 0.0826. The monoisotopic (exact) mass is 509 g/mol. The summed E-state index contributed by atoms with van der Waals surface area (Å²) in [6.07, 6.45) is 3.34. The zero-order valence-corrected chi connectivity index (χ0v) is 21.4. The number of carboxylic acid groups (broad SMARTS) is 1. The number of hydrogen-bond donors (Lipinski definition) is 2. The van der Waals surface area contributed by atoms with Crippen molar-refractivity contribution in [1.82, 2.24) is 0 Å². The summed E-state index contributed by atoms with van der Waals surface area (Å²) in [6.45, 7) is 5.93. The minimum Gasteiger partial charge on any atom is -0.478 e. The van der Waals surface area contributed by atoms with Crippen LogP contribution in [0.2, 0.25) is 0 Å². The molecule has 0 saturated heterocycles. The Hall–Kier alpha value is -3.36. The first-order chi connectivity index (χ1) is 17.1. The second kappa shape index (κ2) is 10.3. The van der Waals surface area contributed by atoms with Crippen LogP contribution in [0, 0.1) is 12.8 Å². The van der Waals surface area contributed by atoms with Crippen LogP contribution in [0.15, 0.2) is 70.2 Å². The molecule has 0 saturated carbocycles. The van der Waals surface area contributed by atoms with E-state index in [1.165, 1.54) is 16.4 Å². The van der Waals surface area contributed by atoms with Crippen LogP contribution in [0.3, 0.4) is 0 Å². The van der Waals surface area contributed by atoms with Gasteiger partial charge in [-0.05, 0) is 78.3 Å². The average molecular weight is 510 g/mol. The maximum atomic E-state index is 13.5. The number of carboxylic acids is 1. The summed E-state index contributed by atoms with van der Waals surface area (Å²) in [7, 11) is -3.90. The van der Waals surface area contributed by atoms with Crippen molar-refractivity contribution in [1.29, 1.82) is 0 Å². The molecule has 7 nitrogen and oxygen atoms in total. The molecule has 3 aromatic rings. The van der Waals surface area contributed by atoms with Crippen molar-refractivity contribution in [3.63, 3.8) is 0 Å². The third-order valence-electron chi connectivity index (χ3n) is 6.41. The molecule has 0 spiro atoms. The summed E-state index contributed by atoms with van der Waals surface area (Å²) < 4.78 is 33.8. The molecule has 2 aromatic carbocycles. The summed E-state index contributed by atoms with van der Waals surface area (Å²) in [4.78, 5) is 10.7. The number of aliphatic hydroxyl groups excluding tert-OH is 1. The Morgan fingerprint density at radius 2 is 1.86 bits per heavy atom. The van der Waals surface area contributed by atoms with Crippen LogP contribution in [0.1, 0.15) is 60.3 Å². The van der Waals surface area contributed by atoms with Crippen LogP contribution in [-0.4, -0.2) is 31.1 Å². The number of sulfonamides is 1. The Bertz CT molecular complexity index is 1370. The highest BCUT2D eigenvalue weighted by Crippen LogP contribution is 2.43. The van der Waals surface area contributed by atoms with Crippen molar-refractivity contribution in [2.24, 2.45) is 5.92 Å². The Morgan fingerprint density at radius 1 is 1.14 bits per heavy atom. The third-order valence-corrected chi connectivity index (χ3v) is 8.08. The van der Waals surface area contributed by atoms with Crippen LogP contribution < -0.4 is 4.31 Å². The fourth-order valence-corrected chi connectivity index (χ4v) is 6.22. The molecule has 1 heterocycles. The van der Waals surface area contributed by atoms with Gasteiger partial charge in [-0.1, -0.05) is 44.2 Å². The van der Waals surface area contributed by atoms with E-state index in [0.717, 1.165) is 41.2 Å². The Kier molecular flexibility index (Phi) is 7.38. The van der Waals surface area contributed by atoms with E-state index in [0.29, 0.717) is 18.0 Å². The quantitative estimate of drug-likeness (QED) is 0.379. The summed E-state index contributed by atoms with van der Waals surface area (Å²) in [5.74, 6) is -0.596. The Morgan fingerprint density at radius 3 is 2.47 bits per heavy atom. The van der Waals surface area contributed by atoms with E-state index in [1.807, 2.05) is 32.0 Å². The molecule has 8 heteroatoms. The van der Waals surface area contributed by atoms with Gasteiger partial charge in [-0.25, -0.2) is 4.79 Å². The summed E-state index contributed by atoms with van der Waals surface area (Å²) in [6, 6.07) is 15.9. The number of aliphatic carboxylic acids is 1. The zero-order chi connectivity index (χ0) is 26.0. The lowest BCUT2D eigenvalue weighted by molar-refractivity contribution is -0.131. The molecule has 2 N–H and O–H groups in total. The molecule has 0 amide bonds. The van der Waals surface area contributed by atoms with Gasteiger partial charge < -0.3 is 14.6 Å². The van der Waals surface area contributed by atoms with E-state index in [4.69, 9.17) is 9.52 Å². The molecule has 1 aliphatic rings. The van der Waals surface area contributed by atoms with Crippen LogP contribution in [0.25, 0.3) is 6.08 Å². The Labute approximate surface area is 211 Å². The lowest BCUT2D eigenvalue weighted by Crippen LogP contribution is -2.34. The number of carbonyl (C=O) groups is 1. The third kappa shape index (κ3) is 5.39. The lowest BCUT2D eigenvalue weighted by atomic mass is 9.90. The van der Waals surface area contributed by atoms with E-state index < -0.39 is 22.1 Å². The molecular weight excluding hydrogens is 478 g/mol. The highest BCUT2D eigenvalue weighted by Gasteiger charge is 2.33. The first-order valence-electron chi connectivity index (χ1n) is 12.0. The zero-order valence-electron chi connectivity index (χ0n) is 20.6. The molecule has 1 aromatic heterocycles. The van der Waals surface area contributed by atoms with Gasteiger partial charge in [0.05, 0.1) is 11.8 Å². The van der Waals surface area contributed by atoms with E-state index in [-0.39, 0.29) is 16.9 Å². The number of fused-ring (bicyclic) bond motifs is 1. The first kappa shape index (κ1) is 25.7. The van der Waals surface area contributed by atoms with Gasteiger partial charge in [-0.15, -0.1) is 0 Å². The number of nitrogens with zero attached hydrogens (tertiary/aromatic N) is 1. The van der Waals surface area contributed by atoms with Crippen molar-refractivity contribution in [3.8, 4) is 0 Å². The number of benzene rings is 2. The van der Waals surface area contributed by atoms with Crippen LogP contribution in [0.5, 0.6) is 0 Å². The molecule has 4 rings (SSSR count). The summed E-state index contributed by atoms with van der Waals surface area (Å²) in [5.41, 5.74) is 4.03. The van der Waals surface area contributed by atoms with Crippen LogP contribution in [0.4, 0.5) is 5.69 Å². The predicted molar refractivity (Wildman–Crippen MR) is 138 cm³/mol. The smallest absolute Gasteiger partial charge is 0.328 e. The molecule has 190 valence electrons. The van der Waals surface area contributed by atoms with E-state index in [9.17, 15) is 18.3 Å². The summed E-state index contributed by atoms with van der Waals surface area (Å²) in [5, 5.41) is 20.0. The Balaban J connectivity index is 1.65. The molecule has 36 heavy (non-hydrogen) atoms. The average Bonchev–Trinajstić information content (AvgIpc) is 3.47. The minimum atomic E-state index is -3.90. The van der Waals surface area contributed by atoms with Crippen LogP contribution in [-0.2, 0) is 21.2 Å². The van der Waals surface area contributed by atoms with Crippen LogP contribution >= 0.6 is 0 Å². The molecule has 2 unspecified atom stereocenters. The number of anilines is 1. The predicted octanol–water partition coefficient (Wildman–Crippen LogP) is 5.30. The molecule has 2 atom stereocenters. The van der Waals surface area contributed by atoms with E-state index in [2.05, 4.69) is 0 Å². The highest BCUT2D eigenvalue weighted by molar-refractivity contribution is 7.92. The second-order valence-electron chi connectivity index (χ2n) is 9.61. The second-order valence-corrected chi connectivity index (χ2v) is 11.4. The fraction of sp³-hybridized carbons (Fsp3) is 0.321. The van der Waals surface area contributed by atoms with Gasteiger partial charge in [0, 0.05) is 18.5 Å². The van der Waals surface area contributed by atoms with Gasteiger partial charge in [0.25, 0.3) is 10.0 Å². The number of aryl methyl sites for hydroxylation is 2. The standard InChI is InChI=1S/C28H31NO6S/c1-18(2)17-29(36(33,34)27-15-4-19(3)35-27)23-12-10-21-11-13-24(25(21)16-23)28(32)22-8-5-20(6-9-22)7-14-26(30)31/h4-10,12,14-16,18,24,28,32H,11,13,17H2,1-3H3,(H,30,31). The van der Waals surface area contributed by atoms with Crippen molar-refractivity contribution in [2.45, 2.75) is 50.7 Å². The molecule has 0 aliphatic heterocycles. The van der Waals surface area contributed by atoms with Gasteiger partial charge in [0.2, 0.25) is 5.09 Å². The number of aliphatic hydroxyl groups is 1. The SMILES string of the molecule is Cc1ccc(S(=O)(=O)N(CC(C)C)c2ccc3c(c2)C(C(O)c2ccc(C=CC(=O)O)cc2)CC3)o1. The number of furan rings is 1. The molecule has 0 bridgehead atoms. The topological polar surface area (TPSA) is 108 Å². The van der Waals surface area contributed by atoms with Crippen molar-refractivity contribution in [3.05, 3.63) is 88.7 Å². The van der Waals surface area contributed by atoms with Gasteiger partial charge in [-0.2, -0.15) is 8.42 Å². The molecule has 0 radical (unpaired) electrons. The maximum Gasteiger partial charge on any atom is 0.328 e. The fourth-order valence-electron chi connectivity index (χ4n) is 4.64. The van der Waals surface area contributed by atoms with E-state index in [1.54, 1.807) is 37.3 Å². The highest BCUT2D eigenvalue weighted by atomic mass is 32.2. The molecular formula is C28H31NO6S. The molecule has 0 fully saturated rings. The van der Waals surface area contributed by atoms with Crippen molar-refractivity contribution < 1.29 is 27.8 Å².